The van der Waals surface area contributed by atoms with Crippen LogP contribution in [-0.2, 0) is 11.3 Å². The first kappa shape index (κ1) is 24.1. The molecule has 2 aromatic heterocycles. The van der Waals surface area contributed by atoms with E-state index in [1.54, 1.807) is 23.9 Å². The second-order valence-electron chi connectivity index (χ2n) is 7.96. The Labute approximate surface area is 204 Å². The van der Waals surface area contributed by atoms with Crippen molar-refractivity contribution in [1.82, 2.24) is 25.1 Å². The molecule has 0 radical (unpaired) electrons. The van der Waals surface area contributed by atoms with Crippen LogP contribution in [0.3, 0.4) is 0 Å². The van der Waals surface area contributed by atoms with Gasteiger partial charge in [-0.3, -0.25) is 4.79 Å². The average molecular weight is 485 g/mol. The number of fused-ring (bicyclic) bond motifs is 1. The molecule has 3 aromatic rings. The zero-order valence-corrected chi connectivity index (χ0v) is 20.6. The van der Waals surface area contributed by atoms with Gasteiger partial charge in [0, 0.05) is 19.6 Å². The minimum atomic E-state index is -0.184. The Bertz CT molecular complexity index is 1080. The number of carbonyl (C=O) groups excluding carboxylic acids is 1. The van der Waals surface area contributed by atoms with Gasteiger partial charge in [-0.05, 0) is 56.2 Å². The monoisotopic (exact) mass is 484 g/mol. The zero-order valence-electron chi connectivity index (χ0n) is 19.8. The number of benzene rings is 1. The number of hydrogen-bond acceptors (Lipinski definition) is 8. The van der Waals surface area contributed by atoms with Gasteiger partial charge in [0.1, 0.15) is 17.3 Å². The largest absolute Gasteiger partial charge is 0.494 e. The molecule has 4 rings (SSSR count). The van der Waals surface area contributed by atoms with Crippen LogP contribution in [0.4, 0.5) is 5.82 Å². The Hall–Kier alpha value is -3.01. The highest BCUT2D eigenvalue weighted by atomic mass is 32.2. The number of rotatable bonds is 11. The molecule has 0 saturated carbocycles. The first-order valence-electron chi connectivity index (χ1n) is 11.9. The smallest absolute Gasteiger partial charge is 0.258 e. The second kappa shape index (κ2) is 11.9. The molecule has 182 valence electrons. The number of nitrogens with zero attached hydrogens (tertiary/aromatic N) is 5. The van der Waals surface area contributed by atoms with E-state index in [0.717, 1.165) is 46.6 Å². The van der Waals surface area contributed by atoms with Crippen LogP contribution in [0.2, 0.25) is 0 Å². The van der Waals surface area contributed by atoms with Gasteiger partial charge in [0.25, 0.3) is 5.91 Å². The highest BCUT2D eigenvalue weighted by Gasteiger charge is 2.20. The van der Waals surface area contributed by atoms with E-state index in [0.29, 0.717) is 25.4 Å². The third kappa shape index (κ3) is 6.11. The number of carbonyl (C=O) groups is 1. The lowest BCUT2D eigenvalue weighted by Crippen LogP contribution is -2.32. The molecule has 1 aromatic carbocycles. The van der Waals surface area contributed by atoms with Gasteiger partial charge < -0.3 is 19.7 Å². The average Bonchev–Trinajstić information content (AvgIpc) is 3.27. The van der Waals surface area contributed by atoms with E-state index in [-0.39, 0.29) is 12.5 Å². The maximum atomic E-state index is 12.3. The molecule has 0 bridgehead atoms. The highest BCUT2D eigenvalue weighted by Crippen LogP contribution is 2.29. The summed E-state index contributed by atoms with van der Waals surface area (Å²) in [6, 6.07) is 7.23. The number of anilines is 1. The van der Waals surface area contributed by atoms with Crippen LogP contribution in [0.1, 0.15) is 33.1 Å². The summed E-state index contributed by atoms with van der Waals surface area (Å²) in [7, 11) is 0. The topological polar surface area (TPSA) is 94.4 Å². The minimum absolute atomic E-state index is 0.0492. The van der Waals surface area contributed by atoms with Crippen LogP contribution < -0.4 is 19.7 Å². The second-order valence-corrected chi connectivity index (χ2v) is 9.19. The van der Waals surface area contributed by atoms with E-state index < -0.39 is 0 Å². The van der Waals surface area contributed by atoms with Crippen molar-refractivity contribution in [2.45, 2.75) is 44.8 Å². The molecule has 10 heteroatoms. The summed E-state index contributed by atoms with van der Waals surface area (Å²) in [4.78, 5) is 24.2. The minimum Gasteiger partial charge on any atom is -0.494 e. The van der Waals surface area contributed by atoms with Crippen molar-refractivity contribution in [2.75, 3.05) is 43.5 Å². The molecule has 1 aliphatic rings. The number of nitrogens with one attached hydrogen (secondary N) is 1. The van der Waals surface area contributed by atoms with Crippen molar-refractivity contribution < 1.29 is 14.3 Å². The first-order valence-corrected chi connectivity index (χ1v) is 12.9. The molecule has 0 aliphatic carbocycles. The van der Waals surface area contributed by atoms with E-state index in [4.69, 9.17) is 19.4 Å². The third-order valence-electron chi connectivity index (χ3n) is 5.54. The van der Waals surface area contributed by atoms with E-state index in [9.17, 15) is 4.79 Å². The number of ether oxygens (including phenoxy) is 2. The summed E-state index contributed by atoms with van der Waals surface area (Å²) >= 11 is 1.63. The predicted molar refractivity (Wildman–Crippen MR) is 134 cm³/mol. The molecule has 1 saturated heterocycles. The van der Waals surface area contributed by atoms with Crippen molar-refractivity contribution in [3.8, 4) is 11.5 Å². The van der Waals surface area contributed by atoms with Gasteiger partial charge in [0.05, 0.1) is 24.7 Å². The Morgan fingerprint density at radius 2 is 1.79 bits per heavy atom. The first-order chi connectivity index (χ1) is 16.7. The number of aromatic nitrogens is 4. The predicted octanol–water partition coefficient (Wildman–Crippen LogP) is 3.52. The molecule has 0 atom stereocenters. The Morgan fingerprint density at radius 3 is 2.50 bits per heavy atom. The lowest BCUT2D eigenvalue weighted by molar-refractivity contribution is -0.123. The highest BCUT2D eigenvalue weighted by molar-refractivity contribution is 7.99. The summed E-state index contributed by atoms with van der Waals surface area (Å²) in [5, 5.41) is 9.18. The standard InChI is InChI=1S/C24H32N6O3S/c1-3-32-18-8-10-19(11-9-18)33-17-21(31)25-12-15-30-23-20(16-26-30)22(27-24(28-23)34-4-2)29-13-6-5-7-14-29/h8-11,16H,3-7,12-15,17H2,1-2H3,(H,25,31). The van der Waals surface area contributed by atoms with E-state index in [1.165, 1.54) is 19.3 Å². The molecular formula is C24H32N6O3S. The number of thioether (sulfide) groups is 1. The normalized spacial score (nSPS) is 13.8. The SMILES string of the molecule is CCOc1ccc(OCC(=O)NCCn2ncc3c(N4CCCCC4)nc(SCC)nc32)cc1. The van der Waals surface area contributed by atoms with E-state index >= 15 is 0 Å². The molecule has 1 aliphatic heterocycles. The molecule has 0 spiro atoms. The van der Waals surface area contributed by atoms with Crippen LogP contribution in [-0.4, -0.2) is 64.3 Å². The molecule has 9 nitrogen and oxygen atoms in total. The van der Waals surface area contributed by atoms with Crippen LogP contribution in [0.15, 0.2) is 35.6 Å². The summed E-state index contributed by atoms with van der Waals surface area (Å²) in [6.07, 6.45) is 5.47. The van der Waals surface area contributed by atoms with Gasteiger partial charge >= 0.3 is 0 Å². The third-order valence-corrected chi connectivity index (χ3v) is 6.26. The number of piperidine rings is 1. The van der Waals surface area contributed by atoms with Crippen LogP contribution in [0.25, 0.3) is 11.0 Å². The number of amides is 1. The van der Waals surface area contributed by atoms with Gasteiger partial charge in [0.15, 0.2) is 17.4 Å². The van der Waals surface area contributed by atoms with Gasteiger partial charge in [-0.2, -0.15) is 5.10 Å². The molecule has 1 amide bonds. The quantitative estimate of drug-likeness (QED) is 0.326. The van der Waals surface area contributed by atoms with Crippen molar-refractivity contribution in [3.63, 3.8) is 0 Å². The van der Waals surface area contributed by atoms with Gasteiger partial charge in [-0.15, -0.1) is 0 Å². The summed E-state index contributed by atoms with van der Waals surface area (Å²) in [5.41, 5.74) is 0.811. The van der Waals surface area contributed by atoms with Crippen molar-refractivity contribution in [2.24, 2.45) is 0 Å². The molecule has 1 N–H and O–H groups in total. The van der Waals surface area contributed by atoms with Gasteiger partial charge in [0.2, 0.25) is 0 Å². The van der Waals surface area contributed by atoms with E-state index in [2.05, 4.69) is 22.2 Å². The molecular weight excluding hydrogens is 452 g/mol. The van der Waals surface area contributed by atoms with Crippen LogP contribution in [0, 0.1) is 0 Å². The van der Waals surface area contributed by atoms with Gasteiger partial charge in [-0.25, -0.2) is 14.6 Å². The summed E-state index contributed by atoms with van der Waals surface area (Å²) in [6.45, 7) is 7.57. The maximum absolute atomic E-state index is 12.3. The molecule has 3 heterocycles. The van der Waals surface area contributed by atoms with Crippen molar-refractivity contribution >= 4 is 34.5 Å². The lowest BCUT2D eigenvalue weighted by atomic mass is 10.1. The Morgan fingerprint density at radius 1 is 1.06 bits per heavy atom. The van der Waals surface area contributed by atoms with Crippen molar-refractivity contribution in [3.05, 3.63) is 30.5 Å². The van der Waals surface area contributed by atoms with Crippen LogP contribution >= 0.6 is 11.8 Å². The molecule has 34 heavy (non-hydrogen) atoms. The van der Waals surface area contributed by atoms with E-state index in [1.807, 2.05) is 29.9 Å². The van der Waals surface area contributed by atoms with Gasteiger partial charge in [-0.1, -0.05) is 18.7 Å². The summed E-state index contributed by atoms with van der Waals surface area (Å²) in [5.74, 6) is 3.10. The lowest BCUT2D eigenvalue weighted by Gasteiger charge is -2.28. The fourth-order valence-electron chi connectivity index (χ4n) is 3.92. The number of hydrogen-bond donors (Lipinski definition) is 1. The fraction of sp³-hybridized carbons (Fsp3) is 0.500. The zero-order chi connectivity index (χ0) is 23.8. The molecule has 0 unspecified atom stereocenters. The fourth-order valence-corrected chi connectivity index (χ4v) is 4.49. The van der Waals surface area contributed by atoms with Crippen LogP contribution in [0.5, 0.6) is 11.5 Å². The Balaban J connectivity index is 1.35. The Kier molecular flexibility index (Phi) is 8.46. The van der Waals surface area contributed by atoms with Crippen molar-refractivity contribution in [1.29, 1.82) is 0 Å². The summed E-state index contributed by atoms with van der Waals surface area (Å²) < 4.78 is 12.8. The maximum Gasteiger partial charge on any atom is 0.258 e. The molecule has 1 fully saturated rings.